The van der Waals surface area contributed by atoms with E-state index in [9.17, 15) is 9.36 Å². The minimum Gasteiger partial charge on any atom is -0.397 e. The fourth-order valence-electron chi connectivity index (χ4n) is 3.05. The van der Waals surface area contributed by atoms with E-state index in [1.807, 2.05) is 61.7 Å². The number of nitrogen functional groups attached to an aromatic ring is 1. The van der Waals surface area contributed by atoms with Crippen molar-refractivity contribution < 1.29 is 9.36 Å². The van der Waals surface area contributed by atoms with E-state index in [4.69, 9.17) is 5.73 Å². The lowest BCUT2D eigenvalue weighted by Gasteiger charge is -2.15. The van der Waals surface area contributed by atoms with Crippen LogP contribution in [0.5, 0.6) is 0 Å². The zero-order valence-electron chi connectivity index (χ0n) is 16.1. The van der Waals surface area contributed by atoms with Crippen molar-refractivity contribution in [2.24, 2.45) is 0 Å². The Morgan fingerprint density at radius 1 is 1.07 bits per heavy atom. The van der Waals surface area contributed by atoms with Crippen molar-refractivity contribution in [1.29, 1.82) is 0 Å². The van der Waals surface area contributed by atoms with Crippen LogP contribution in [0.15, 0.2) is 60.0 Å². The second-order valence-corrected chi connectivity index (χ2v) is 11.4. The minimum absolute atomic E-state index is 0.222. The van der Waals surface area contributed by atoms with Crippen molar-refractivity contribution in [1.82, 2.24) is 0 Å². The highest BCUT2D eigenvalue weighted by Gasteiger charge is 2.18. The van der Waals surface area contributed by atoms with Crippen LogP contribution < -0.4 is 11.1 Å². The van der Waals surface area contributed by atoms with Gasteiger partial charge in [0.1, 0.15) is 0 Å². The lowest BCUT2D eigenvalue weighted by atomic mass is 10.1. The molecule has 0 radical (unpaired) electrons. The van der Waals surface area contributed by atoms with Crippen LogP contribution >= 0.6 is 18.5 Å². The maximum atomic E-state index is 12.8. The predicted molar refractivity (Wildman–Crippen MR) is 121 cm³/mol. The van der Waals surface area contributed by atoms with Crippen LogP contribution in [0, 0.1) is 0 Å². The van der Waals surface area contributed by atoms with E-state index >= 15 is 0 Å². The fraction of sp³-hybridized carbons (Fsp3) is 0.227. The first-order chi connectivity index (χ1) is 13.4. The average molecular weight is 412 g/mol. The summed E-state index contributed by atoms with van der Waals surface area (Å²) in [6.45, 7) is 3.92. The molecule has 4 nitrogen and oxygen atoms in total. The highest BCUT2D eigenvalue weighted by Crippen LogP contribution is 2.48. The van der Waals surface area contributed by atoms with Gasteiger partial charge in [-0.15, -0.1) is 11.3 Å². The molecule has 0 saturated carbocycles. The van der Waals surface area contributed by atoms with Gasteiger partial charge in [0, 0.05) is 16.6 Å². The zero-order valence-corrected chi connectivity index (χ0v) is 17.9. The molecule has 28 heavy (non-hydrogen) atoms. The molecule has 3 rings (SSSR count). The van der Waals surface area contributed by atoms with Crippen LogP contribution in [0.1, 0.15) is 29.8 Å². The number of anilines is 2. The quantitative estimate of drug-likeness (QED) is 0.361. The molecule has 3 aromatic rings. The Hall–Kier alpha value is -2.36. The van der Waals surface area contributed by atoms with E-state index in [1.165, 1.54) is 0 Å². The summed E-state index contributed by atoms with van der Waals surface area (Å²) in [5, 5.41) is 4.93. The van der Waals surface area contributed by atoms with Crippen molar-refractivity contribution in [3.8, 4) is 10.4 Å². The molecule has 0 saturated heterocycles. The molecule has 2 aromatic carbocycles. The topological polar surface area (TPSA) is 72.2 Å². The van der Waals surface area contributed by atoms with Crippen molar-refractivity contribution in [3.63, 3.8) is 0 Å². The van der Waals surface area contributed by atoms with Gasteiger partial charge >= 0.3 is 0 Å². The van der Waals surface area contributed by atoms with E-state index in [-0.39, 0.29) is 5.91 Å². The number of carbonyl (C=O) groups is 1. The van der Waals surface area contributed by atoms with Gasteiger partial charge < -0.3 is 15.6 Å². The molecule has 0 spiro atoms. The van der Waals surface area contributed by atoms with Crippen molar-refractivity contribution in [2.45, 2.75) is 20.0 Å². The smallest absolute Gasteiger partial charge is 0.255 e. The Labute approximate surface area is 170 Å². The number of benzene rings is 2. The molecule has 3 N–H and O–H groups in total. The van der Waals surface area contributed by atoms with E-state index < -0.39 is 7.14 Å². The molecule has 1 heterocycles. The number of hydrogen-bond acceptors (Lipinski definition) is 4. The number of nitrogens with two attached hydrogens (primary N) is 1. The Kier molecular flexibility index (Phi) is 6.38. The second kappa shape index (κ2) is 8.76. The summed E-state index contributed by atoms with van der Waals surface area (Å²) in [4.78, 5) is 13.9. The molecule has 0 aliphatic rings. The number of thiophene rings is 1. The van der Waals surface area contributed by atoms with Crippen LogP contribution in [0.2, 0.25) is 0 Å². The van der Waals surface area contributed by atoms with E-state index in [0.29, 0.717) is 35.4 Å². The number of hydrogen-bond donors (Lipinski definition) is 2. The Morgan fingerprint density at radius 2 is 1.86 bits per heavy atom. The minimum atomic E-state index is -2.21. The van der Waals surface area contributed by atoms with Crippen LogP contribution in [0.3, 0.4) is 0 Å². The van der Waals surface area contributed by atoms with Crippen molar-refractivity contribution in [2.75, 3.05) is 23.4 Å². The van der Waals surface area contributed by atoms with Gasteiger partial charge in [-0.1, -0.05) is 38.1 Å². The summed E-state index contributed by atoms with van der Waals surface area (Å²) in [6, 6.07) is 17.0. The maximum Gasteiger partial charge on any atom is 0.255 e. The Morgan fingerprint density at radius 3 is 2.54 bits per heavy atom. The molecule has 0 unspecified atom stereocenters. The Bertz CT molecular complexity index is 1010. The van der Waals surface area contributed by atoms with Gasteiger partial charge in [-0.25, -0.2) is 0 Å². The molecule has 1 amide bonds. The van der Waals surface area contributed by atoms with Gasteiger partial charge in [0.05, 0.1) is 18.5 Å². The number of carbonyl (C=O) groups excluding carboxylic acids is 1. The first-order valence-electron chi connectivity index (χ1n) is 9.35. The normalized spacial score (nSPS) is 11.4. The van der Waals surface area contributed by atoms with Gasteiger partial charge in [0.25, 0.3) is 5.91 Å². The molecule has 1 aromatic heterocycles. The molecule has 0 bridgehead atoms. The first kappa shape index (κ1) is 20.4. The summed E-state index contributed by atoms with van der Waals surface area (Å²) in [5.41, 5.74) is 9.67. The largest absolute Gasteiger partial charge is 0.397 e. The molecule has 0 aliphatic carbocycles. The SMILES string of the molecule is CCP(=O)(CC)Cc1cccc(C(=O)Nc2cc(-c3cccs3)ccc2N)c1. The molecule has 146 valence electrons. The van der Waals surface area contributed by atoms with Crippen molar-refractivity contribution >= 4 is 35.8 Å². The highest BCUT2D eigenvalue weighted by atomic mass is 32.1. The molecule has 0 aliphatic heterocycles. The van der Waals surface area contributed by atoms with Crippen LogP contribution in [0.25, 0.3) is 10.4 Å². The fourth-order valence-corrected chi connectivity index (χ4v) is 5.53. The molecule has 0 fully saturated rings. The predicted octanol–water partition coefficient (Wildman–Crippen LogP) is 6.15. The highest BCUT2D eigenvalue weighted by molar-refractivity contribution is 7.63. The van der Waals surface area contributed by atoms with Gasteiger partial charge in [-0.3, -0.25) is 4.79 Å². The van der Waals surface area contributed by atoms with Crippen LogP contribution in [0.4, 0.5) is 11.4 Å². The third-order valence-corrected chi connectivity index (χ3v) is 9.09. The van der Waals surface area contributed by atoms with Gasteiger partial charge in [-0.05, 0) is 59.2 Å². The van der Waals surface area contributed by atoms with Gasteiger partial charge in [0.2, 0.25) is 0 Å². The Balaban J connectivity index is 1.81. The van der Waals surface area contributed by atoms with E-state index in [0.717, 1.165) is 16.0 Å². The molecular weight excluding hydrogens is 387 g/mol. The first-order valence-corrected chi connectivity index (χ1v) is 12.5. The molecule has 6 heteroatoms. The summed E-state index contributed by atoms with van der Waals surface area (Å²) >= 11 is 1.64. The summed E-state index contributed by atoms with van der Waals surface area (Å²) in [7, 11) is -2.21. The van der Waals surface area contributed by atoms with Crippen LogP contribution in [-0.4, -0.2) is 18.2 Å². The summed E-state index contributed by atoms with van der Waals surface area (Å²) < 4.78 is 12.8. The van der Waals surface area contributed by atoms with Crippen LogP contribution in [-0.2, 0) is 10.7 Å². The third-order valence-electron chi connectivity index (χ3n) is 4.92. The number of rotatable bonds is 7. The third kappa shape index (κ3) is 4.73. The standard InChI is InChI=1S/C22H25N2O2PS/c1-3-27(26,4-2)15-16-7-5-8-18(13-16)22(25)24-20-14-17(10-11-19(20)23)21-9-6-12-28-21/h5-14H,3-4,15,23H2,1-2H3,(H,24,25). The van der Waals surface area contributed by atoms with Crippen molar-refractivity contribution in [3.05, 3.63) is 71.1 Å². The average Bonchev–Trinajstić information content (AvgIpc) is 3.24. The number of nitrogens with one attached hydrogen (secondary N) is 1. The second-order valence-electron chi connectivity index (χ2n) is 6.78. The lowest BCUT2D eigenvalue weighted by molar-refractivity contribution is 0.102. The zero-order chi connectivity index (χ0) is 20.1. The van der Waals surface area contributed by atoms with Gasteiger partial charge in [-0.2, -0.15) is 0 Å². The van der Waals surface area contributed by atoms with E-state index in [2.05, 4.69) is 5.32 Å². The van der Waals surface area contributed by atoms with Gasteiger partial charge in [0.15, 0.2) is 0 Å². The number of amides is 1. The summed E-state index contributed by atoms with van der Waals surface area (Å²) in [6.07, 6.45) is 1.87. The molecule has 0 atom stereocenters. The lowest BCUT2D eigenvalue weighted by Crippen LogP contribution is -2.13. The summed E-state index contributed by atoms with van der Waals surface area (Å²) in [5.74, 6) is -0.222. The monoisotopic (exact) mass is 412 g/mol. The van der Waals surface area contributed by atoms with E-state index in [1.54, 1.807) is 23.5 Å². The molecular formula is C22H25N2O2PS. The maximum absolute atomic E-state index is 12.8.